The Balaban J connectivity index is 1.11. The summed E-state index contributed by atoms with van der Waals surface area (Å²) in [4.78, 5) is 4.56. The van der Waals surface area contributed by atoms with E-state index in [1.54, 1.807) is 0 Å². The number of para-hydroxylation sites is 6. The minimum absolute atomic E-state index is 0.688. The highest BCUT2D eigenvalue weighted by Gasteiger charge is 2.15. The van der Waals surface area contributed by atoms with Gasteiger partial charge in [0.2, 0.25) is 0 Å². The van der Waals surface area contributed by atoms with E-state index in [4.69, 9.17) is 5.10 Å². The zero-order chi connectivity index (χ0) is 39.9. The molecule has 284 valence electrons. The van der Waals surface area contributed by atoms with E-state index in [-0.39, 0.29) is 0 Å². The van der Waals surface area contributed by atoms with Crippen molar-refractivity contribution in [2.24, 2.45) is 5.10 Å². The molecule has 8 aromatic carbocycles. The summed E-state index contributed by atoms with van der Waals surface area (Å²) in [7, 11) is 0. The Morgan fingerprint density at radius 3 is 1.02 bits per heavy atom. The molecule has 0 bridgehead atoms. The number of allylic oxidation sites excluding steroid dienone is 3. The molecular formula is C55H44N4. The standard InChI is InChI=1S/C55H44N4/c1(2-22-44-56-59(53-31-17-7-18-32-53)54-33-19-8-20-34-54)21-35-55(45-36-40-51(41-37-45)57(47-23-9-3-10-24-47)48-25-11-4-12-26-48)46-38-42-52(43-39-46)58(49-27-13-5-14-28-49)50-29-15-6-16-30-50/h2-34,36-44H,1H2/b22-2+,56-44?. The fourth-order valence-corrected chi connectivity index (χ4v) is 6.98. The zero-order valence-electron chi connectivity index (χ0n) is 32.7. The van der Waals surface area contributed by atoms with Gasteiger partial charge in [0.15, 0.2) is 0 Å². The van der Waals surface area contributed by atoms with E-state index in [9.17, 15) is 0 Å². The van der Waals surface area contributed by atoms with Gasteiger partial charge in [-0.25, -0.2) is 5.01 Å². The number of anilines is 8. The van der Waals surface area contributed by atoms with Crippen LogP contribution in [0.2, 0.25) is 0 Å². The number of benzene rings is 8. The van der Waals surface area contributed by atoms with Gasteiger partial charge in [0.1, 0.15) is 0 Å². The van der Waals surface area contributed by atoms with E-state index in [0.29, 0.717) is 6.42 Å². The quantitative estimate of drug-likeness (QED) is 0.0626. The van der Waals surface area contributed by atoms with Crippen molar-refractivity contribution < 1.29 is 0 Å². The van der Waals surface area contributed by atoms with Crippen molar-refractivity contribution in [3.8, 4) is 0 Å². The van der Waals surface area contributed by atoms with Crippen LogP contribution in [0.1, 0.15) is 17.5 Å². The smallest absolute Gasteiger partial charge is 0.0652 e. The molecule has 4 nitrogen and oxygen atoms in total. The molecule has 0 unspecified atom stereocenters. The van der Waals surface area contributed by atoms with Crippen molar-refractivity contribution in [1.82, 2.24) is 0 Å². The normalized spacial score (nSPS) is 10.9. The SMILES string of the molecule is C(=CC/C=C/C=NN(c1ccccc1)c1ccccc1)=C(c1ccc(N(c2ccccc2)c2ccccc2)cc1)c1ccc(N(c2ccccc2)c2ccccc2)cc1. The van der Waals surface area contributed by atoms with Crippen LogP contribution in [0.5, 0.6) is 0 Å². The second kappa shape index (κ2) is 19.3. The van der Waals surface area contributed by atoms with Crippen LogP contribution in [0.15, 0.2) is 260 Å². The third kappa shape index (κ3) is 9.56. The van der Waals surface area contributed by atoms with E-state index in [1.165, 1.54) is 0 Å². The van der Waals surface area contributed by atoms with Gasteiger partial charge >= 0.3 is 0 Å². The van der Waals surface area contributed by atoms with Crippen LogP contribution in [0.25, 0.3) is 5.57 Å². The highest BCUT2D eigenvalue weighted by molar-refractivity contribution is 5.84. The van der Waals surface area contributed by atoms with Gasteiger partial charge in [0, 0.05) is 45.9 Å². The number of hydrogen-bond acceptors (Lipinski definition) is 4. The predicted octanol–water partition coefficient (Wildman–Crippen LogP) is 15.0. The molecule has 0 heterocycles. The van der Waals surface area contributed by atoms with E-state index in [2.05, 4.69) is 222 Å². The van der Waals surface area contributed by atoms with Gasteiger partial charge in [-0.1, -0.05) is 140 Å². The maximum absolute atomic E-state index is 4.80. The molecule has 0 aromatic heterocycles. The molecule has 4 heteroatoms. The van der Waals surface area contributed by atoms with E-state index in [0.717, 1.165) is 62.2 Å². The zero-order valence-corrected chi connectivity index (χ0v) is 32.7. The summed E-state index contributed by atoms with van der Waals surface area (Å²) >= 11 is 0. The van der Waals surface area contributed by atoms with E-state index < -0.39 is 0 Å². The lowest BCUT2D eigenvalue weighted by atomic mass is 9.97. The van der Waals surface area contributed by atoms with E-state index in [1.807, 2.05) is 53.7 Å². The second-order valence-electron chi connectivity index (χ2n) is 13.7. The van der Waals surface area contributed by atoms with E-state index >= 15 is 0 Å². The van der Waals surface area contributed by atoms with Crippen LogP contribution in [0, 0.1) is 0 Å². The predicted molar refractivity (Wildman–Crippen MR) is 250 cm³/mol. The lowest BCUT2D eigenvalue weighted by Gasteiger charge is -2.26. The fraction of sp³-hybridized carbons (Fsp3) is 0.0182. The minimum Gasteiger partial charge on any atom is -0.311 e. The summed E-state index contributed by atoms with van der Waals surface area (Å²) in [5, 5.41) is 6.74. The van der Waals surface area contributed by atoms with Crippen LogP contribution in [0.4, 0.5) is 45.5 Å². The second-order valence-corrected chi connectivity index (χ2v) is 13.7. The summed E-state index contributed by atoms with van der Waals surface area (Å²) in [6.07, 6.45) is 8.71. The molecule has 0 aliphatic carbocycles. The number of hydrazone groups is 1. The molecule has 0 N–H and O–H groups in total. The Morgan fingerprint density at radius 1 is 0.373 bits per heavy atom. The van der Waals surface area contributed by atoms with Crippen molar-refractivity contribution in [3.63, 3.8) is 0 Å². The Labute approximate surface area is 347 Å². The first-order valence-electron chi connectivity index (χ1n) is 19.9. The van der Waals surface area contributed by atoms with Crippen molar-refractivity contribution in [2.75, 3.05) is 14.8 Å². The summed E-state index contributed by atoms with van der Waals surface area (Å²) in [5.74, 6) is 0. The molecule has 59 heavy (non-hydrogen) atoms. The molecule has 0 spiro atoms. The molecule has 0 aliphatic heterocycles. The average molecular weight is 761 g/mol. The minimum atomic E-state index is 0.688. The van der Waals surface area contributed by atoms with Crippen molar-refractivity contribution in [1.29, 1.82) is 0 Å². The van der Waals surface area contributed by atoms with Crippen LogP contribution >= 0.6 is 0 Å². The first-order valence-corrected chi connectivity index (χ1v) is 19.9. The number of rotatable bonds is 14. The monoisotopic (exact) mass is 760 g/mol. The topological polar surface area (TPSA) is 22.1 Å². The first kappa shape index (κ1) is 38.0. The van der Waals surface area contributed by atoms with Gasteiger partial charge in [-0.3, -0.25) is 0 Å². The lowest BCUT2D eigenvalue weighted by Crippen LogP contribution is -2.09. The summed E-state index contributed by atoms with van der Waals surface area (Å²) in [5.41, 5.74) is 15.4. The molecule has 8 aromatic rings. The molecular weight excluding hydrogens is 717 g/mol. The van der Waals surface area contributed by atoms with Gasteiger partial charge < -0.3 is 9.80 Å². The van der Waals surface area contributed by atoms with Crippen LogP contribution in [0.3, 0.4) is 0 Å². The molecule has 0 saturated carbocycles. The molecule has 0 fully saturated rings. The Hall–Kier alpha value is -7.91. The third-order valence-corrected chi connectivity index (χ3v) is 9.79. The van der Waals surface area contributed by atoms with Gasteiger partial charge in [0.25, 0.3) is 0 Å². The molecule has 0 saturated heterocycles. The van der Waals surface area contributed by atoms with Crippen LogP contribution in [-0.4, -0.2) is 6.21 Å². The molecule has 0 amide bonds. The van der Waals surface area contributed by atoms with Crippen molar-refractivity contribution in [2.45, 2.75) is 6.42 Å². The van der Waals surface area contributed by atoms with Crippen LogP contribution in [-0.2, 0) is 0 Å². The summed E-state index contributed by atoms with van der Waals surface area (Å²) < 4.78 is 0. The number of hydrogen-bond donors (Lipinski definition) is 0. The van der Waals surface area contributed by atoms with Crippen LogP contribution < -0.4 is 14.8 Å². The maximum Gasteiger partial charge on any atom is 0.0652 e. The van der Waals surface area contributed by atoms with Crippen molar-refractivity contribution >= 4 is 57.3 Å². The van der Waals surface area contributed by atoms with Gasteiger partial charge in [-0.2, -0.15) is 5.10 Å². The average Bonchev–Trinajstić information content (AvgIpc) is 3.31. The first-order chi connectivity index (χ1) is 29.3. The molecule has 0 radical (unpaired) electrons. The largest absolute Gasteiger partial charge is 0.311 e. The maximum atomic E-state index is 4.80. The molecule has 0 atom stereocenters. The molecule has 0 aliphatic rings. The Kier molecular flexibility index (Phi) is 12.4. The van der Waals surface area contributed by atoms with Gasteiger partial charge in [-0.05, 0) is 127 Å². The highest BCUT2D eigenvalue weighted by Crippen LogP contribution is 2.37. The third-order valence-electron chi connectivity index (χ3n) is 9.79. The Morgan fingerprint density at radius 2 is 0.678 bits per heavy atom. The number of nitrogens with zero attached hydrogens (tertiary/aromatic N) is 4. The summed E-state index contributed by atoms with van der Waals surface area (Å²) in [6, 6.07) is 79.9. The lowest BCUT2D eigenvalue weighted by molar-refractivity contribution is 1.09. The highest BCUT2D eigenvalue weighted by atomic mass is 15.5. The van der Waals surface area contributed by atoms with Gasteiger partial charge in [-0.15, -0.1) is 5.73 Å². The van der Waals surface area contributed by atoms with Gasteiger partial charge in [0.05, 0.1) is 11.4 Å². The summed E-state index contributed by atoms with van der Waals surface area (Å²) in [6.45, 7) is 0. The fourth-order valence-electron chi connectivity index (χ4n) is 6.98. The molecule has 8 rings (SSSR count). The van der Waals surface area contributed by atoms with Crippen molar-refractivity contribution in [3.05, 3.63) is 266 Å². The Bertz CT molecular complexity index is 2370.